The summed E-state index contributed by atoms with van der Waals surface area (Å²) < 4.78 is 1.63. The molecule has 2 heterocycles. The van der Waals surface area contributed by atoms with Crippen molar-refractivity contribution in [2.45, 2.75) is 37.8 Å². The van der Waals surface area contributed by atoms with Crippen molar-refractivity contribution in [2.24, 2.45) is 0 Å². The van der Waals surface area contributed by atoms with Crippen molar-refractivity contribution in [1.29, 1.82) is 0 Å². The van der Waals surface area contributed by atoms with Crippen molar-refractivity contribution in [1.82, 2.24) is 14.5 Å². The summed E-state index contributed by atoms with van der Waals surface area (Å²) in [6, 6.07) is 15.2. The van der Waals surface area contributed by atoms with E-state index >= 15 is 0 Å². The Labute approximate surface area is 174 Å². The van der Waals surface area contributed by atoms with Gasteiger partial charge >= 0.3 is 0 Å². The summed E-state index contributed by atoms with van der Waals surface area (Å²) in [4.78, 5) is 32.7. The van der Waals surface area contributed by atoms with Gasteiger partial charge in [0.15, 0.2) is 5.16 Å². The highest BCUT2D eigenvalue weighted by atomic mass is 32.2. The molecule has 1 aromatic heterocycles. The van der Waals surface area contributed by atoms with Gasteiger partial charge in [-0.1, -0.05) is 54.4 Å². The number of benzene rings is 2. The molecule has 3 aromatic rings. The Hall–Kier alpha value is -2.60. The molecule has 1 amide bonds. The molecule has 5 nitrogen and oxygen atoms in total. The van der Waals surface area contributed by atoms with Gasteiger partial charge in [0.1, 0.15) is 0 Å². The van der Waals surface area contributed by atoms with E-state index in [1.165, 1.54) is 24.6 Å². The number of nitrogens with zero attached hydrogens (tertiary/aromatic N) is 3. The minimum atomic E-state index is -0.107. The summed E-state index contributed by atoms with van der Waals surface area (Å²) in [5.74, 6) is 0.408. The first-order valence-electron chi connectivity index (χ1n) is 10.1. The van der Waals surface area contributed by atoms with Crippen LogP contribution in [0.25, 0.3) is 16.6 Å². The summed E-state index contributed by atoms with van der Waals surface area (Å²) in [7, 11) is 0. The second-order valence-corrected chi connectivity index (χ2v) is 8.41. The summed E-state index contributed by atoms with van der Waals surface area (Å²) in [5.41, 5.74) is 2.44. The van der Waals surface area contributed by atoms with Gasteiger partial charge in [-0.2, -0.15) is 0 Å². The number of rotatable bonds is 4. The molecule has 29 heavy (non-hydrogen) atoms. The van der Waals surface area contributed by atoms with Gasteiger partial charge < -0.3 is 4.90 Å². The molecule has 0 bridgehead atoms. The Morgan fingerprint density at radius 3 is 2.41 bits per heavy atom. The Balaban J connectivity index is 1.68. The van der Waals surface area contributed by atoms with E-state index < -0.39 is 0 Å². The lowest BCUT2D eigenvalue weighted by Crippen LogP contribution is -2.33. The predicted octanol–water partition coefficient (Wildman–Crippen LogP) is 4.19. The van der Waals surface area contributed by atoms with Crippen LogP contribution in [0.5, 0.6) is 0 Å². The first kappa shape index (κ1) is 19.7. The molecule has 0 spiro atoms. The quantitative estimate of drug-likeness (QED) is 0.481. The third kappa shape index (κ3) is 4.37. The molecule has 0 atom stereocenters. The maximum atomic E-state index is 13.2. The van der Waals surface area contributed by atoms with Gasteiger partial charge in [0, 0.05) is 13.1 Å². The Kier molecular flexibility index (Phi) is 6.00. The minimum Gasteiger partial charge on any atom is -0.342 e. The molecule has 0 unspecified atom stereocenters. The van der Waals surface area contributed by atoms with Crippen LogP contribution in [0.3, 0.4) is 0 Å². The standard InChI is InChI=1S/C23H25N3O2S/c1-17-10-12-18(13-11-17)26-22(28)19-8-4-5-9-20(19)24-23(26)29-16-21(27)25-14-6-2-3-7-15-25/h4-5,8-13H,2-3,6-7,14-16H2,1H3. The topological polar surface area (TPSA) is 55.2 Å². The van der Waals surface area contributed by atoms with E-state index in [1.807, 2.05) is 54.3 Å². The summed E-state index contributed by atoms with van der Waals surface area (Å²) in [6.07, 6.45) is 4.52. The van der Waals surface area contributed by atoms with E-state index in [0.717, 1.165) is 37.2 Å². The van der Waals surface area contributed by atoms with E-state index in [2.05, 4.69) is 0 Å². The molecule has 1 saturated heterocycles. The summed E-state index contributed by atoms with van der Waals surface area (Å²) in [5, 5.41) is 1.14. The zero-order valence-corrected chi connectivity index (χ0v) is 17.5. The number of hydrogen-bond acceptors (Lipinski definition) is 4. The Morgan fingerprint density at radius 1 is 1.00 bits per heavy atom. The van der Waals surface area contributed by atoms with Crippen LogP contribution in [0.2, 0.25) is 0 Å². The highest BCUT2D eigenvalue weighted by Gasteiger charge is 2.18. The third-order valence-electron chi connectivity index (χ3n) is 5.32. The molecule has 6 heteroatoms. The van der Waals surface area contributed by atoms with Gasteiger partial charge in [0.05, 0.1) is 22.3 Å². The number of para-hydroxylation sites is 1. The average Bonchev–Trinajstić information content (AvgIpc) is 3.03. The van der Waals surface area contributed by atoms with E-state index in [9.17, 15) is 9.59 Å². The monoisotopic (exact) mass is 407 g/mol. The normalized spacial score (nSPS) is 14.7. The first-order valence-corrected chi connectivity index (χ1v) is 11.1. The van der Waals surface area contributed by atoms with Crippen LogP contribution in [0.15, 0.2) is 58.5 Å². The molecule has 0 N–H and O–H groups in total. The molecule has 2 aromatic carbocycles. The maximum Gasteiger partial charge on any atom is 0.266 e. The van der Waals surface area contributed by atoms with Crippen LogP contribution < -0.4 is 5.56 Å². The van der Waals surface area contributed by atoms with Crippen LogP contribution in [0.1, 0.15) is 31.2 Å². The van der Waals surface area contributed by atoms with Crippen molar-refractivity contribution in [2.75, 3.05) is 18.8 Å². The number of hydrogen-bond donors (Lipinski definition) is 0. The number of aromatic nitrogens is 2. The van der Waals surface area contributed by atoms with E-state index in [0.29, 0.717) is 16.1 Å². The van der Waals surface area contributed by atoms with Crippen LogP contribution in [0, 0.1) is 6.92 Å². The molecular formula is C23H25N3O2S. The number of carbonyl (C=O) groups excluding carboxylic acids is 1. The fourth-order valence-electron chi connectivity index (χ4n) is 3.67. The second kappa shape index (κ2) is 8.82. The number of thioether (sulfide) groups is 1. The molecule has 1 fully saturated rings. The van der Waals surface area contributed by atoms with Gasteiger partial charge in [-0.05, 0) is 44.0 Å². The van der Waals surface area contributed by atoms with Crippen molar-refractivity contribution in [3.05, 3.63) is 64.4 Å². The van der Waals surface area contributed by atoms with Gasteiger partial charge in [0.2, 0.25) is 5.91 Å². The maximum absolute atomic E-state index is 13.2. The zero-order valence-electron chi connectivity index (χ0n) is 16.6. The van der Waals surface area contributed by atoms with Crippen molar-refractivity contribution in [3.63, 3.8) is 0 Å². The highest BCUT2D eigenvalue weighted by Crippen LogP contribution is 2.22. The zero-order chi connectivity index (χ0) is 20.2. The molecule has 1 aliphatic rings. The van der Waals surface area contributed by atoms with E-state index in [1.54, 1.807) is 10.6 Å². The van der Waals surface area contributed by atoms with Crippen LogP contribution >= 0.6 is 11.8 Å². The molecule has 4 rings (SSSR count). The van der Waals surface area contributed by atoms with Gasteiger partial charge in [-0.25, -0.2) is 4.98 Å². The molecule has 0 radical (unpaired) electrons. The number of amides is 1. The van der Waals surface area contributed by atoms with Crippen LogP contribution in [-0.2, 0) is 4.79 Å². The fourth-order valence-corrected chi connectivity index (χ4v) is 4.58. The number of carbonyl (C=O) groups is 1. The molecular weight excluding hydrogens is 382 g/mol. The van der Waals surface area contributed by atoms with Gasteiger partial charge in [-0.3, -0.25) is 14.2 Å². The lowest BCUT2D eigenvalue weighted by molar-refractivity contribution is -0.128. The van der Waals surface area contributed by atoms with Gasteiger partial charge in [0.25, 0.3) is 5.56 Å². The van der Waals surface area contributed by atoms with Crippen LogP contribution in [-0.4, -0.2) is 39.2 Å². The number of aryl methyl sites for hydroxylation is 1. The van der Waals surface area contributed by atoms with Crippen LogP contribution in [0.4, 0.5) is 0 Å². The fraction of sp³-hybridized carbons (Fsp3) is 0.348. The SMILES string of the molecule is Cc1ccc(-n2c(SCC(=O)N3CCCCCC3)nc3ccccc3c2=O)cc1. The van der Waals surface area contributed by atoms with Crippen molar-refractivity contribution in [3.8, 4) is 5.69 Å². The molecule has 150 valence electrons. The number of likely N-dealkylation sites (tertiary alicyclic amines) is 1. The lowest BCUT2D eigenvalue weighted by atomic mass is 10.2. The first-order chi connectivity index (χ1) is 14.1. The van der Waals surface area contributed by atoms with Crippen molar-refractivity contribution < 1.29 is 4.79 Å². The summed E-state index contributed by atoms with van der Waals surface area (Å²) >= 11 is 1.34. The predicted molar refractivity (Wildman–Crippen MR) is 118 cm³/mol. The van der Waals surface area contributed by atoms with E-state index in [4.69, 9.17) is 4.98 Å². The molecule has 0 aliphatic carbocycles. The molecule has 0 saturated carbocycles. The minimum absolute atomic E-state index is 0.107. The largest absolute Gasteiger partial charge is 0.342 e. The Bertz CT molecular complexity index is 1070. The third-order valence-corrected chi connectivity index (χ3v) is 6.24. The summed E-state index contributed by atoms with van der Waals surface area (Å²) in [6.45, 7) is 3.67. The lowest BCUT2D eigenvalue weighted by Gasteiger charge is -2.20. The second-order valence-electron chi connectivity index (χ2n) is 7.47. The van der Waals surface area contributed by atoms with Gasteiger partial charge in [-0.15, -0.1) is 0 Å². The van der Waals surface area contributed by atoms with Crippen molar-refractivity contribution >= 4 is 28.6 Å². The number of fused-ring (bicyclic) bond motifs is 1. The molecule has 1 aliphatic heterocycles. The van der Waals surface area contributed by atoms with E-state index in [-0.39, 0.29) is 17.2 Å². The highest BCUT2D eigenvalue weighted by molar-refractivity contribution is 7.99. The Morgan fingerprint density at radius 2 is 1.69 bits per heavy atom. The smallest absolute Gasteiger partial charge is 0.266 e. The average molecular weight is 408 g/mol.